The van der Waals surface area contributed by atoms with Crippen LogP contribution in [0.4, 0.5) is 4.39 Å². The first kappa shape index (κ1) is 15.1. The van der Waals surface area contributed by atoms with Crippen molar-refractivity contribution in [2.45, 2.75) is 32.9 Å². The molecular formula is C13H20FNO2S. The van der Waals surface area contributed by atoms with Crippen LogP contribution in [0.15, 0.2) is 24.3 Å². The highest BCUT2D eigenvalue weighted by Gasteiger charge is 2.16. The number of benzene rings is 1. The van der Waals surface area contributed by atoms with Crippen molar-refractivity contribution in [2.24, 2.45) is 0 Å². The lowest BCUT2D eigenvalue weighted by atomic mass is 10.1. The van der Waals surface area contributed by atoms with Gasteiger partial charge in [-0.25, -0.2) is 12.8 Å². The number of halogens is 1. The number of sulfone groups is 1. The molecule has 0 aromatic heterocycles. The predicted octanol–water partition coefficient (Wildman–Crippen LogP) is 2.30. The fourth-order valence-corrected chi connectivity index (χ4v) is 2.94. The van der Waals surface area contributed by atoms with Crippen LogP contribution in [0.1, 0.15) is 32.4 Å². The van der Waals surface area contributed by atoms with Crippen LogP contribution in [0.3, 0.4) is 0 Å². The minimum Gasteiger partial charge on any atom is -0.307 e. The van der Waals surface area contributed by atoms with Gasteiger partial charge in [0.2, 0.25) is 0 Å². The fourth-order valence-electron chi connectivity index (χ4n) is 1.85. The number of rotatable bonds is 6. The molecule has 0 aliphatic heterocycles. The average Bonchev–Trinajstić information content (AvgIpc) is 2.28. The minimum atomic E-state index is -2.99. The van der Waals surface area contributed by atoms with Crippen molar-refractivity contribution >= 4 is 9.84 Å². The van der Waals surface area contributed by atoms with E-state index in [1.54, 1.807) is 13.0 Å². The van der Waals surface area contributed by atoms with Crippen molar-refractivity contribution in [1.29, 1.82) is 0 Å². The monoisotopic (exact) mass is 273 g/mol. The molecule has 3 nitrogen and oxygen atoms in total. The molecule has 2 atom stereocenters. The van der Waals surface area contributed by atoms with E-state index in [-0.39, 0.29) is 29.4 Å². The maximum Gasteiger partial charge on any atom is 0.151 e. The van der Waals surface area contributed by atoms with Gasteiger partial charge in [0, 0.05) is 17.8 Å². The van der Waals surface area contributed by atoms with E-state index in [1.165, 1.54) is 12.1 Å². The third kappa shape index (κ3) is 4.74. The zero-order chi connectivity index (χ0) is 13.8. The Morgan fingerprint density at radius 3 is 2.56 bits per heavy atom. The minimum absolute atomic E-state index is 0.0808. The first-order valence-electron chi connectivity index (χ1n) is 6.06. The van der Waals surface area contributed by atoms with Crippen LogP contribution < -0.4 is 5.32 Å². The molecule has 102 valence electrons. The molecule has 0 bridgehead atoms. The van der Waals surface area contributed by atoms with E-state index in [4.69, 9.17) is 0 Å². The van der Waals surface area contributed by atoms with Crippen LogP contribution >= 0.6 is 0 Å². The lowest BCUT2D eigenvalue weighted by molar-refractivity contribution is 0.497. The van der Waals surface area contributed by atoms with E-state index in [0.29, 0.717) is 0 Å². The summed E-state index contributed by atoms with van der Waals surface area (Å²) in [6, 6.07) is 6.08. The summed E-state index contributed by atoms with van der Waals surface area (Å²) >= 11 is 0. The summed E-state index contributed by atoms with van der Waals surface area (Å²) < 4.78 is 36.0. The molecule has 1 aromatic rings. The Morgan fingerprint density at radius 1 is 1.33 bits per heavy atom. The SMILES string of the molecule is CCS(=O)(=O)C[C@@H](C)N[C@H](C)c1cccc(F)c1. The molecule has 1 N–H and O–H groups in total. The molecule has 0 heterocycles. The van der Waals surface area contributed by atoms with Crippen molar-refractivity contribution in [3.63, 3.8) is 0 Å². The van der Waals surface area contributed by atoms with Crippen LogP contribution in [0.5, 0.6) is 0 Å². The predicted molar refractivity (Wildman–Crippen MR) is 71.7 cm³/mol. The second-order valence-corrected chi connectivity index (χ2v) is 6.94. The Bertz CT molecular complexity index is 488. The van der Waals surface area contributed by atoms with Gasteiger partial charge in [0.25, 0.3) is 0 Å². The Morgan fingerprint density at radius 2 is 2.00 bits per heavy atom. The second kappa shape index (κ2) is 6.29. The van der Waals surface area contributed by atoms with Crippen LogP contribution in [-0.4, -0.2) is 26.0 Å². The van der Waals surface area contributed by atoms with Crippen molar-refractivity contribution < 1.29 is 12.8 Å². The highest BCUT2D eigenvalue weighted by atomic mass is 32.2. The summed E-state index contributed by atoms with van der Waals surface area (Å²) in [7, 11) is -2.99. The van der Waals surface area contributed by atoms with Gasteiger partial charge < -0.3 is 5.32 Å². The first-order valence-corrected chi connectivity index (χ1v) is 7.88. The van der Waals surface area contributed by atoms with Gasteiger partial charge in [-0.15, -0.1) is 0 Å². The molecular weight excluding hydrogens is 253 g/mol. The molecule has 0 aliphatic carbocycles. The summed E-state index contributed by atoms with van der Waals surface area (Å²) in [6.45, 7) is 5.35. The van der Waals surface area contributed by atoms with Gasteiger partial charge in [-0.05, 0) is 31.5 Å². The van der Waals surface area contributed by atoms with Crippen molar-refractivity contribution in [3.8, 4) is 0 Å². The van der Waals surface area contributed by atoms with Gasteiger partial charge in [0.05, 0.1) is 5.75 Å². The zero-order valence-corrected chi connectivity index (χ0v) is 11.8. The van der Waals surface area contributed by atoms with Crippen LogP contribution in [0.2, 0.25) is 0 Å². The van der Waals surface area contributed by atoms with E-state index in [2.05, 4.69) is 5.32 Å². The lowest BCUT2D eigenvalue weighted by Gasteiger charge is -2.20. The van der Waals surface area contributed by atoms with E-state index >= 15 is 0 Å². The standard InChI is InChI=1S/C13H20FNO2S/c1-4-18(16,17)9-10(2)15-11(3)12-6-5-7-13(14)8-12/h5-8,10-11,15H,4,9H2,1-3H3/t10-,11-/m1/s1. The Hall–Kier alpha value is -0.940. The highest BCUT2D eigenvalue weighted by Crippen LogP contribution is 2.14. The molecule has 0 saturated carbocycles. The summed E-state index contributed by atoms with van der Waals surface area (Å²) in [5.41, 5.74) is 0.816. The van der Waals surface area contributed by atoms with Crippen LogP contribution in [0, 0.1) is 5.82 Å². The third-order valence-electron chi connectivity index (χ3n) is 2.83. The Labute approximate surface area is 108 Å². The zero-order valence-electron chi connectivity index (χ0n) is 11.0. The smallest absolute Gasteiger partial charge is 0.151 e. The molecule has 0 amide bonds. The molecule has 18 heavy (non-hydrogen) atoms. The molecule has 0 saturated heterocycles. The van der Waals surface area contributed by atoms with Gasteiger partial charge in [-0.3, -0.25) is 0 Å². The first-order chi connectivity index (χ1) is 8.34. The molecule has 0 fully saturated rings. The molecule has 1 aromatic carbocycles. The second-order valence-electron chi connectivity index (χ2n) is 4.54. The van der Waals surface area contributed by atoms with E-state index in [9.17, 15) is 12.8 Å². The Balaban J connectivity index is 2.62. The van der Waals surface area contributed by atoms with Crippen molar-refractivity contribution in [3.05, 3.63) is 35.6 Å². The summed E-state index contributed by atoms with van der Waals surface area (Å²) in [5.74, 6) is -0.0359. The molecule has 0 spiro atoms. The summed E-state index contributed by atoms with van der Waals surface area (Å²) in [6.07, 6.45) is 0. The topological polar surface area (TPSA) is 46.2 Å². The molecule has 0 aliphatic rings. The van der Waals surface area contributed by atoms with Crippen molar-refractivity contribution in [2.75, 3.05) is 11.5 Å². The average molecular weight is 273 g/mol. The molecule has 5 heteroatoms. The maximum atomic E-state index is 13.1. The molecule has 0 radical (unpaired) electrons. The van der Waals surface area contributed by atoms with Gasteiger partial charge in [0.1, 0.15) is 5.82 Å². The van der Waals surface area contributed by atoms with Crippen molar-refractivity contribution in [1.82, 2.24) is 5.32 Å². The molecule has 0 unspecified atom stereocenters. The molecule has 1 rings (SSSR count). The Kier molecular flexibility index (Phi) is 5.28. The van der Waals surface area contributed by atoms with Crippen LogP contribution in [0.25, 0.3) is 0 Å². The van der Waals surface area contributed by atoms with Gasteiger partial charge in [-0.1, -0.05) is 19.1 Å². The lowest BCUT2D eigenvalue weighted by Crippen LogP contribution is -2.35. The quantitative estimate of drug-likeness (QED) is 0.865. The number of hydrogen-bond donors (Lipinski definition) is 1. The van der Waals surface area contributed by atoms with E-state index in [1.807, 2.05) is 19.9 Å². The third-order valence-corrected chi connectivity index (χ3v) is 4.71. The normalized spacial score (nSPS) is 15.3. The fraction of sp³-hybridized carbons (Fsp3) is 0.538. The number of hydrogen-bond acceptors (Lipinski definition) is 3. The van der Waals surface area contributed by atoms with E-state index in [0.717, 1.165) is 5.56 Å². The van der Waals surface area contributed by atoms with E-state index < -0.39 is 9.84 Å². The summed E-state index contributed by atoms with van der Waals surface area (Å²) in [4.78, 5) is 0. The number of nitrogens with one attached hydrogen (secondary N) is 1. The van der Waals surface area contributed by atoms with Crippen LogP contribution in [-0.2, 0) is 9.84 Å². The summed E-state index contributed by atoms with van der Waals surface area (Å²) in [5, 5.41) is 3.17. The largest absolute Gasteiger partial charge is 0.307 e. The maximum absolute atomic E-state index is 13.1. The van der Waals surface area contributed by atoms with Gasteiger partial charge in [0.15, 0.2) is 9.84 Å². The van der Waals surface area contributed by atoms with Gasteiger partial charge >= 0.3 is 0 Å². The highest BCUT2D eigenvalue weighted by molar-refractivity contribution is 7.91. The van der Waals surface area contributed by atoms with Gasteiger partial charge in [-0.2, -0.15) is 0 Å².